The highest BCUT2D eigenvalue weighted by molar-refractivity contribution is 7.45. The summed E-state index contributed by atoms with van der Waals surface area (Å²) in [6.45, 7) is 0. The molecular weight excluding hydrogens is 373 g/mol. The normalized spacial score (nSPS) is 10.9. The second kappa shape index (κ2) is 6.95. The molecule has 0 amide bonds. The summed E-state index contributed by atoms with van der Waals surface area (Å²) < 4.78 is 13.5. The third-order valence-corrected chi connectivity index (χ3v) is 5.36. The van der Waals surface area contributed by atoms with Crippen molar-refractivity contribution >= 4 is 64.0 Å². The number of benzene rings is 2. The molecule has 0 aliphatic carbocycles. The standard InChI is InChI=1S/C14H10N3O2PS2.ClH/c15-20(18-9-1-3-11-13(5-9)21-7-16-11)19-10-2-4-12-14(6-10)22-8-17-12;/h1-8H,15H2;1H. The van der Waals surface area contributed by atoms with E-state index in [4.69, 9.17) is 14.6 Å². The summed E-state index contributed by atoms with van der Waals surface area (Å²) in [6.07, 6.45) is 0. The van der Waals surface area contributed by atoms with Crippen molar-refractivity contribution in [3.8, 4) is 11.5 Å². The van der Waals surface area contributed by atoms with Crippen LogP contribution in [-0.4, -0.2) is 9.97 Å². The topological polar surface area (TPSA) is 70.3 Å². The number of rotatable bonds is 4. The highest BCUT2D eigenvalue weighted by Gasteiger charge is 2.11. The van der Waals surface area contributed by atoms with Gasteiger partial charge < -0.3 is 9.05 Å². The fraction of sp³-hybridized carbons (Fsp3) is 0. The first-order valence-electron chi connectivity index (χ1n) is 6.35. The van der Waals surface area contributed by atoms with Gasteiger partial charge in [-0.3, -0.25) is 0 Å². The number of hydrogen-bond acceptors (Lipinski definition) is 7. The Kier molecular flexibility index (Phi) is 4.94. The van der Waals surface area contributed by atoms with Crippen LogP contribution in [0.5, 0.6) is 11.5 Å². The zero-order chi connectivity index (χ0) is 14.9. The fourth-order valence-corrected chi connectivity index (χ4v) is 4.10. The summed E-state index contributed by atoms with van der Waals surface area (Å²) in [5, 5.41) is 0. The second-order valence-electron chi connectivity index (χ2n) is 4.43. The molecule has 2 aromatic heterocycles. The van der Waals surface area contributed by atoms with E-state index in [0.717, 1.165) is 20.4 Å². The number of nitrogens with two attached hydrogens (primary N) is 1. The molecule has 4 rings (SSSR count). The number of nitrogens with zero attached hydrogens (tertiary/aromatic N) is 2. The molecule has 0 saturated heterocycles. The highest BCUT2D eigenvalue weighted by atomic mass is 35.5. The van der Waals surface area contributed by atoms with Crippen molar-refractivity contribution < 1.29 is 9.05 Å². The fourth-order valence-electron chi connectivity index (χ4n) is 2.01. The lowest BCUT2D eigenvalue weighted by Crippen LogP contribution is -2.03. The maximum Gasteiger partial charge on any atom is 0.378 e. The smallest absolute Gasteiger partial charge is 0.378 e. The maximum absolute atomic E-state index is 5.97. The summed E-state index contributed by atoms with van der Waals surface area (Å²) in [5.41, 5.74) is 11.5. The first-order valence-corrected chi connectivity index (χ1v) is 9.36. The van der Waals surface area contributed by atoms with Crippen LogP contribution in [0.25, 0.3) is 20.4 Å². The van der Waals surface area contributed by atoms with Gasteiger partial charge >= 0.3 is 8.53 Å². The molecule has 0 aliphatic heterocycles. The largest absolute Gasteiger partial charge is 0.427 e. The summed E-state index contributed by atoms with van der Waals surface area (Å²) in [5.74, 6) is 1.37. The molecule has 23 heavy (non-hydrogen) atoms. The van der Waals surface area contributed by atoms with E-state index in [1.807, 2.05) is 36.4 Å². The summed E-state index contributed by atoms with van der Waals surface area (Å²) >= 11 is 3.13. The average molecular weight is 384 g/mol. The maximum atomic E-state index is 5.97. The molecule has 4 aromatic rings. The van der Waals surface area contributed by atoms with Crippen molar-refractivity contribution in [1.82, 2.24) is 9.97 Å². The van der Waals surface area contributed by atoms with Crippen LogP contribution in [-0.2, 0) is 0 Å². The Balaban J connectivity index is 0.00000156. The molecule has 5 nitrogen and oxygen atoms in total. The second-order valence-corrected chi connectivity index (χ2v) is 7.14. The van der Waals surface area contributed by atoms with Crippen LogP contribution in [0.3, 0.4) is 0 Å². The van der Waals surface area contributed by atoms with Crippen molar-refractivity contribution in [2.75, 3.05) is 0 Å². The minimum atomic E-state index is -1.55. The molecular formula is C14H11ClN3O2PS2. The molecule has 118 valence electrons. The SMILES string of the molecule is Cl.NP(Oc1ccc2ncsc2c1)Oc1ccc2ncsc2c1. The van der Waals surface area contributed by atoms with Gasteiger partial charge in [-0.1, -0.05) is 0 Å². The van der Waals surface area contributed by atoms with Crippen molar-refractivity contribution in [3.63, 3.8) is 0 Å². The van der Waals surface area contributed by atoms with Gasteiger partial charge in [-0.05, 0) is 24.3 Å². The first-order chi connectivity index (χ1) is 10.8. The van der Waals surface area contributed by atoms with Gasteiger partial charge in [0.2, 0.25) is 0 Å². The molecule has 9 heteroatoms. The van der Waals surface area contributed by atoms with Crippen molar-refractivity contribution in [1.29, 1.82) is 0 Å². The van der Waals surface area contributed by atoms with Crippen LogP contribution in [0, 0.1) is 0 Å². The van der Waals surface area contributed by atoms with E-state index >= 15 is 0 Å². The van der Waals surface area contributed by atoms with Crippen LogP contribution in [0.1, 0.15) is 0 Å². The van der Waals surface area contributed by atoms with E-state index in [1.54, 1.807) is 33.7 Å². The van der Waals surface area contributed by atoms with Crippen LogP contribution in [0.2, 0.25) is 0 Å². The van der Waals surface area contributed by atoms with Crippen LogP contribution >= 0.6 is 43.6 Å². The number of aromatic nitrogens is 2. The molecule has 0 bridgehead atoms. The summed E-state index contributed by atoms with van der Waals surface area (Å²) in [4.78, 5) is 8.46. The number of hydrogen-bond donors (Lipinski definition) is 1. The van der Waals surface area contributed by atoms with E-state index in [1.165, 1.54) is 0 Å². The van der Waals surface area contributed by atoms with Crippen LogP contribution in [0.4, 0.5) is 0 Å². The minimum absolute atomic E-state index is 0. The lowest BCUT2D eigenvalue weighted by Gasteiger charge is -2.13. The van der Waals surface area contributed by atoms with Gasteiger partial charge in [0.15, 0.2) is 0 Å². The van der Waals surface area contributed by atoms with E-state index < -0.39 is 8.53 Å². The van der Waals surface area contributed by atoms with Crippen LogP contribution in [0.15, 0.2) is 47.4 Å². The zero-order valence-corrected chi connectivity index (χ0v) is 14.9. The Morgan fingerprint density at radius 3 is 1.78 bits per heavy atom. The molecule has 0 atom stereocenters. The Hall–Kier alpha value is -1.50. The highest BCUT2D eigenvalue weighted by Crippen LogP contribution is 2.36. The monoisotopic (exact) mass is 383 g/mol. The zero-order valence-electron chi connectivity index (χ0n) is 11.6. The van der Waals surface area contributed by atoms with E-state index in [2.05, 4.69) is 9.97 Å². The first kappa shape index (κ1) is 16.4. The third kappa shape index (κ3) is 3.54. The molecule has 2 heterocycles. The lowest BCUT2D eigenvalue weighted by atomic mass is 10.3. The van der Waals surface area contributed by atoms with E-state index in [-0.39, 0.29) is 12.4 Å². The lowest BCUT2D eigenvalue weighted by molar-refractivity contribution is 0.492. The predicted molar refractivity (Wildman–Crippen MR) is 98.9 cm³/mol. The van der Waals surface area contributed by atoms with Gasteiger partial charge in [0.1, 0.15) is 11.5 Å². The third-order valence-electron chi connectivity index (χ3n) is 3.00. The predicted octanol–water partition coefficient (Wildman–Crippen LogP) is 4.97. The summed E-state index contributed by atoms with van der Waals surface area (Å²) in [6, 6.07) is 11.4. The van der Waals surface area contributed by atoms with Gasteiger partial charge in [0.25, 0.3) is 0 Å². The van der Waals surface area contributed by atoms with E-state index in [0.29, 0.717) is 11.5 Å². The number of halogens is 1. The Morgan fingerprint density at radius 1 is 0.826 bits per heavy atom. The van der Waals surface area contributed by atoms with Gasteiger partial charge in [-0.15, -0.1) is 35.1 Å². The van der Waals surface area contributed by atoms with Gasteiger partial charge in [0, 0.05) is 12.1 Å². The Bertz CT molecular complexity index is 870. The molecule has 0 aliphatic rings. The minimum Gasteiger partial charge on any atom is -0.427 e. The number of fused-ring (bicyclic) bond motifs is 2. The molecule has 0 radical (unpaired) electrons. The molecule has 2 aromatic carbocycles. The van der Waals surface area contributed by atoms with Gasteiger partial charge in [-0.2, -0.15) is 0 Å². The van der Waals surface area contributed by atoms with Gasteiger partial charge in [-0.25, -0.2) is 15.5 Å². The molecule has 2 N–H and O–H groups in total. The van der Waals surface area contributed by atoms with E-state index in [9.17, 15) is 0 Å². The molecule has 0 fully saturated rings. The van der Waals surface area contributed by atoms with Gasteiger partial charge in [0.05, 0.1) is 31.5 Å². The molecule has 0 saturated carbocycles. The summed E-state index contributed by atoms with van der Waals surface area (Å²) in [7, 11) is -1.55. The number of thiazole rings is 2. The van der Waals surface area contributed by atoms with Crippen LogP contribution < -0.4 is 14.6 Å². The van der Waals surface area contributed by atoms with Crippen molar-refractivity contribution in [2.24, 2.45) is 5.50 Å². The average Bonchev–Trinajstić information content (AvgIpc) is 3.14. The Morgan fingerprint density at radius 2 is 1.30 bits per heavy atom. The molecule has 0 spiro atoms. The van der Waals surface area contributed by atoms with Crippen molar-refractivity contribution in [3.05, 3.63) is 47.4 Å². The Labute approximate surface area is 147 Å². The quantitative estimate of drug-likeness (QED) is 0.504. The molecule has 0 unspecified atom stereocenters. The van der Waals surface area contributed by atoms with Crippen molar-refractivity contribution in [2.45, 2.75) is 0 Å².